The lowest BCUT2D eigenvalue weighted by Crippen LogP contribution is -2.48. The summed E-state index contributed by atoms with van der Waals surface area (Å²) in [6.45, 7) is 4.17. The number of anilines is 1. The van der Waals surface area contributed by atoms with Gasteiger partial charge in [0.05, 0.1) is 10.6 Å². The van der Waals surface area contributed by atoms with Crippen LogP contribution in [-0.4, -0.2) is 42.0 Å². The van der Waals surface area contributed by atoms with E-state index in [0.29, 0.717) is 54.1 Å². The molecule has 0 atom stereocenters. The molecule has 1 fully saturated rings. The van der Waals surface area contributed by atoms with Gasteiger partial charge in [-0.3, -0.25) is 4.79 Å². The predicted molar refractivity (Wildman–Crippen MR) is 111 cm³/mol. The van der Waals surface area contributed by atoms with E-state index < -0.39 is 0 Å². The van der Waals surface area contributed by atoms with Crippen molar-refractivity contribution in [2.24, 2.45) is 0 Å². The van der Waals surface area contributed by atoms with Crippen molar-refractivity contribution < 1.29 is 9.21 Å². The summed E-state index contributed by atoms with van der Waals surface area (Å²) in [6, 6.07) is 16.9. The van der Waals surface area contributed by atoms with Crippen LogP contribution in [0.3, 0.4) is 0 Å². The van der Waals surface area contributed by atoms with Gasteiger partial charge < -0.3 is 14.2 Å². The van der Waals surface area contributed by atoms with Gasteiger partial charge in [-0.25, -0.2) is 0 Å². The summed E-state index contributed by atoms with van der Waals surface area (Å²) in [4.78, 5) is 20.8. The molecule has 6 nitrogen and oxygen atoms in total. The number of rotatable bonds is 3. The van der Waals surface area contributed by atoms with Crippen LogP contribution >= 0.6 is 11.6 Å². The number of nitriles is 1. The minimum Gasteiger partial charge on any atom is -0.419 e. The second-order valence-corrected chi connectivity index (χ2v) is 7.32. The van der Waals surface area contributed by atoms with Crippen LogP contribution in [0.2, 0.25) is 5.02 Å². The van der Waals surface area contributed by atoms with Gasteiger partial charge in [0.1, 0.15) is 6.07 Å². The lowest BCUT2D eigenvalue weighted by Gasteiger charge is -2.34. The molecule has 7 heteroatoms. The maximum atomic E-state index is 12.7. The number of halogens is 1. The summed E-state index contributed by atoms with van der Waals surface area (Å²) in [6.07, 6.45) is 0. The number of piperazine rings is 1. The third-order valence-corrected chi connectivity index (χ3v) is 5.27. The van der Waals surface area contributed by atoms with E-state index in [1.807, 2.05) is 53.1 Å². The monoisotopic (exact) mass is 406 g/mol. The first kappa shape index (κ1) is 19.0. The summed E-state index contributed by atoms with van der Waals surface area (Å²) in [5, 5.41) is 10.0. The average Bonchev–Trinajstić information content (AvgIpc) is 3.18. The average molecular weight is 407 g/mol. The second kappa shape index (κ2) is 7.98. The molecule has 1 aliphatic heterocycles. The summed E-state index contributed by atoms with van der Waals surface area (Å²) in [5.74, 6) is 0.758. The Morgan fingerprint density at radius 3 is 2.59 bits per heavy atom. The fourth-order valence-electron chi connectivity index (χ4n) is 3.42. The number of carbonyl (C=O) groups excluding carboxylic acids is 1. The van der Waals surface area contributed by atoms with Gasteiger partial charge >= 0.3 is 0 Å². The van der Waals surface area contributed by atoms with Gasteiger partial charge in [0.15, 0.2) is 0 Å². The first-order valence-corrected chi connectivity index (χ1v) is 9.71. The first-order chi connectivity index (χ1) is 14.1. The fourth-order valence-corrected chi connectivity index (χ4v) is 3.64. The Bertz CT molecular complexity index is 1090. The van der Waals surface area contributed by atoms with Gasteiger partial charge in [-0.05, 0) is 31.2 Å². The van der Waals surface area contributed by atoms with Crippen molar-refractivity contribution >= 4 is 23.4 Å². The zero-order valence-corrected chi connectivity index (χ0v) is 16.7. The number of hydrogen-bond acceptors (Lipinski definition) is 5. The van der Waals surface area contributed by atoms with Crippen molar-refractivity contribution in [3.05, 3.63) is 70.4 Å². The van der Waals surface area contributed by atoms with E-state index in [1.54, 1.807) is 12.1 Å². The minimum atomic E-state index is 0.0168. The standard InChI is InChI=1S/C22H19ClN4O2/c1-15-5-4-6-16(13-15)21(28)26-9-11-27(12-10-26)22-19(14-24)25-20(29-22)17-7-2-3-8-18(17)23/h2-8,13H,9-12H2,1H3. The van der Waals surface area contributed by atoms with Crippen LogP contribution in [0.4, 0.5) is 5.88 Å². The van der Waals surface area contributed by atoms with Crippen molar-refractivity contribution in [3.63, 3.8) is 0 Å². The van der Waals surface area contributed by atoms with Crippen molar-refractivity contribution in [1.82, 2.24) is 9.88 Å². The zero-order chi connectivity index (χ0) is 20.4. The van der Waals surface area contributed by atoms with Gasteiger partial charge in [0, 0.05) is 31.7 Å². The van der Waals surface area contributed by atoms with Crippen LogP contribution in [0.25, 0.3) is 11.5 Å². The van der Waals surface area contributed by atoms with Crippen molar-refractivity contribution in [2.75, 3.05) is 31.1 Å². The Hall–Kier alpha value is -3.30. The molecule has 1 saturated heterocycles. The maximum Gasteiger partial charge on any atom is 0.253 e. The normalized spacial score (nSPS) is 14.0. The molecule has 0 spiro atoms. The van der Waals surface area contributed by atoms with Crippen LogP contribution < -0.4 is 4.90 Å². The molecular formula is C22H19ClN4O2. The molecule has 0 aliphatic carbocycles. The summed E-state index contributed by atoms with van der Waals surface area (Å²) in [5.41, 5.74) is 2.61. The molecule has 4 rings (SSSR count). The van der Waals surface area contributed by atoms with Gasteiger partial charge in [-0.1, -0.05) is 41.4 Å². The van der Waals surface area contributed by atoms with Crippen LogP contribution in [0.5, 0.6) is 0 Å². The SMILES string of the molecule is Cc1cccc(C(=O)N2CCN(c3oc(-c4ccccc4Cl)nc3C#N)CC2)c1. The van der Waals surface area contributed by atoms with Gasteiger partial charge in [0.25, 0.3) is 5.91 Å². The zero-order valence-electron chi connectivity index (χ0n) is 15.9. The van der Waals surface area contributed by atoms with Gasteiger partial charge in [0.2, 0.25) is 17.5 Å². The van der Waals surface area contributed by atoms with Crippen molar-refractivity contribution in [2.45, 2.75) is 6.92 Å². The van der Waals surface area contributed by atoms with Crippen LogP contribution in [0.15, 0.2) is 52.9 Å². The predicted octanol–water partition coefficient (Wildman–Crippen LogP) is 4.14. The van der Waals surface area contributed by atoms with E-state index in [-0.39, 0.29) is 11.6 Å². The maximum absolute atomic E-state index is 12.7. The van der Waals surface area contributed by atoms with Gasteiger partial charge in [-0.15, -0.1) is 0 Å². The molecule has 146 valence electrons. The quantitative estimate of drug-likeness (QED) is 0.653. The minimum absolute atomic E-state index is 0.0168. The number of oxazole rings is 1. The molecule has 2 aromatic carbocycles. The molecule has 1 aromatic heterocycles. The highest BCUT2D eigenvalue weighted by atomic mass is 35.5. The summed E-state index contributed by atoms with van der Waals surface area (Å²) in [7, 11) is 0. The summed E-state index contributed by atoms with van der Waals surface area (Å²) >= 11 is 6.23. The first-order valence-electron chi connectivity index (χ1n) is 9.33. The number of carbonyl (C=O) groups is 1. The Kier molecular flexibility index (Phi) is 5.24. The van der Waals surface area contributed by atoms with Crippen molar-refractivity contribution in [1.29, 1.82) is 5.26 Å². The Morgan fingerprint density at radius 1 is 1.14 bits per heavy atom. The van der Waals surface area contributed by atoms with E-state index in [4.69, 9.17) is 16.0 Å². The van der Waals surface area contributed by atoms with E-state index in [0.717, 1.165) is 5.56 Å². The highest BCUT2D eigenvalue weighted by Crippen LogP contribution is 2.32. The molecule has 29 heavy (non-hydrogen) atoms. The van der Waals surface area contributed by atoms with E-state index in [2.05, 4.69) is 11.1 Å². The molecule has 0 unspecified atom stereocenters. The number of nitrogens with zero attached hydrogens (tertiary/aromatic N) is 4. The third-order valence-electron chi connectivity index (χ3n) is 4.94. The molecule has 1 aliphatic rings. The number of benzene rings is 2. The number of aromatic nitrogens is 1. The fraction of sp³-hybridized carbons (Fsp3) is 0.227. The molecule has 0 bridgehead atoms. The molecule has 0 saturated carbocycles. The van der Waals surface area contributed by atoms with Crippen molar-refractivity contribution in [3.8, 4) is 17.5 Å². The molecular weight excluding hydrogens is 388 g/mol. The topological polar surface area (TPSA) is 73.4 Å². The van der Waals surface area contributed by atoms with Crippen LogP contribution in [0.1, 0.15) is 21.6 Å². The molecule has 3 aromatic rings. The largest absolute Gasteiger partial charge is 0.419 e. The van der Waals surface area contributed by atoms with E-state index in [9.17, 15) is 10.1 Å². The third kappa shape index (κ3) is 3.82. The van der Waals surface area contributed by atoms with E-state index in [1.165, 1.54) is 0 Å². The molecule has 2 heterocycles. The highest BCUT2D eigenvalue weighted by molar-refractivity contribution is 6.33. The number of hydrogen-bond donors (Lipinski definition) is 0. The molecule has 0 N–H and O–H groups in total. The lowest BCUT2D eigenvalue weighted by molar-refractivity contribution is 0.0745. The number of amides is 1. The lowest BCUT2D eigenvalue weighted by atomic mass is 10.1. The Labute approximate surface area is 173 Å². The number of aryl methyl sites for hydroxylation is 1. The Morgan fingerprint density at radius 2 is 1.90 bits per heavy atom. The highest BCUT2D eigenvalue weighted by Gasteiger charge is 2.27. The molecule has 1 amide bonds. The second-order valence-electron chi connectivity index (χ2n) is 6.91. The smallest absolute Gasteiger partial charge is 0.253 e. The molecule has 0 radical (unpaired) electrons. The Balaban J connectivity index is 1.51. The van der Waals surface area contributed by atoms with Gasteiger partial charge in [-0.2, -0.15) is 10.2 Å². The summed E-state index contributed by atoms with van der Waals surface area (Å²) < 4.78 is 5.91. The van der Waals surface area contributed by atoms with E-state index >= 15 is 0 Å². The van der Waals surface area contributed by atoms with Crippen LogP contribution in [-0.2, 0) is 0 Å². The van der Waals surface area contributed by atoms with Crippen LogP contribution in [0, 0.1) is 18.3 Å².